The lowest BCUT2D eigenvalue weighted by molar-refractivity contribution is -0.115. The molecular weight excluding hydrogens is 312 g/mol. The van der Waals surface area contributed by atoms with Crippen molar-refractivity contribution in [2.24, 2.45) is 4.99 Å². The van der Waals surface area contributed by atoms with E-state index in [4.69, 9.17) is 0 Å². The maximum absolute atomic E-state index is 12.3. The Morgan fingerprint density at radius 1 is 1.45 bits per heavy atom. The third kappa shape index (κ3) is 4.20. The molecule has 0 radical (unpaired) electrons. The van der Waals surface area contributed by atoms with Crippen LogP contribution < -0.4 is 5.32 Å². The van der Waals surface area contributed by atoms with Crippen molar-refractivity contribution in [3.05, 3.63) is 5.01 Å². The number of aromatic nitrogens is 2. The number of hydrogen-bond acceptors (Lipinski definition) is 7. The second kappa shape index (κ2) is 7.42. The smallest absolute Gasteiger partial charge is 0.239 e. The molecular formula is C12H18N4OS3. The first-order valence-corrected chi connectivity index (χ1v) is 9.26. The molecule has 5 nitrogen and oxygen atoms in total. The summed E-state index contributed by atoms with van der Waals surface area (Å²) in [5.41, 5.74) is 0. The van der Waals surface area contributed by atoms with Crippen LogP contribution in [0.15, 0.2) is 4.99 Å². The van der Waals surface area contributed by atoms with Crippen LogP contribution in [0.2, 0.25) is 0 Å². The number of nitrogens with one attached hydrogen (secondary N) is 1. The van der Waals surface area contributed by atoms with Crippen molar-refractivity contribution >= 4 is 50.3 Å². The topological polar surface area (TPSA) is 67.2 Å². The van der Waals surface area contributed by atoms with E-state index in [-0.39, 0.29) is 11.2 Å². The lowest BCUT2D eigenvalue weighted by atomic mass is 10.2. The van der Waals surface area contributed by atoms with Crippen molar-refractivity contribution in [1.29, 1.82) is 0 Å². The Morgan fingerprint density at radius 2 is 2.25 bits per heavy atom. The van der Waals surface area contributed by atoms with Crippen LogP contribution >= 0.6 is 34.9 Å². The van der Waals surface area contributed by atoms with Gasteiger partial charge in [-0.1, -0.05) is 55.6 Å². The molecule has 0 saturated carbocycles. The number of thioether (sulfide) groups is 2. The van der Waals surface area contributed by atoms with Crippen molar-refractivity contribution in [1.82, 2.24) is 10.2 Å². The number of nitrogens with zero attached hydrogens (tertiary/aromatic N) is 3. The van der Waals surface area contributed by atoms with Crippen molar-refractivity contribution in [3.8, 4) is 0 Å². The average Bonchev–Trinajstić information content (AvgIpc) is 3.06. The van der Waals surface area contributed by atoms with E-state index in [2.05, 4.69) is 34.4 Å². The molecule has 1 amide bonds. The molecule has 1 aliphatic heterocycles. The second-order valence-corrected chi connectivity index (χ2v) is 8.14. The fraction of sp³-hybridized carbons (Fsp3) is 0.667. The minimum absolute atomic E-state index is 0.0147. The van der Waals surface area contributed by atoms with Crippen LogP contribution in [0, 0.1) is 0 Å². The van der Waals surface area contributed by atoms with Gasteiger partial charge in [0.05, 0.1) is 11.8 Å². The summed E-state index contributed by atoms with van der Waals surface area (Å²) in [6.07, 6.45) is 0.770. The van der Waals surface area contributed by atoms with Crippen LogP contribution in [-0.2, 0) is 4.79 Å². The lowest BCUT2D eigenvalue weighted by Crippen LogP contribution is -2.25. The molecule has 1 atom stereocenters. The van der Waals surface area contributed by atoms with Gasteiger partial charge in [0.15, 0.2) is 0 Å². The van der Waals surface area contributed by atoms with E-state index in [9.17, 15) is 4.79 Å². The molecule has 2 heterocycles. The van der Waals surface area contributed by atoms with Gasteiger partial charge in [0.2, 0.25) is 11.0 Å². The maximum Gasteiger partial charge on any atom is 0.239 e. The minimum Gasteiger partial charge on any atom is -0.300 e. The molecule has 0 aliphatic carbocycles. The molecule has 0 aromatic carbocycles. The standard InChI is InChI=1S/C12H18N4OS3/c1-4-8(19-12-13-5-6-18-12)9(17)14-11-16-15-10(20-11)7(2)3/h7-8H,4-6H2,1-3H3,(H,14,16,17). The number of carbonyl (C=O) groups excluding carboxylic acids is 1. The van der Waals surface area contributed by atoms with Crippen LogP contribution in [0.4, 0.5) is 5.13 Å². The van der Waals surface area contributed by atoms with Gasteiger partial charge in [-0.15, -0.1) is 10.2 Å². The Hall–Kier alpha value is -0.600. The maximum atomic E-state index is 12.3. The summed E-state index contributed by atoms with van der Waals surface area (Å²) in [4.78, 5) is 16.6. The molecule has 1 unspecified atom stereocenters. The summed E-state index contributed by atoms with van der Waals surface area (Å²) in [6, 6.07) is 0. The first kappa shape index (κ1) is 15.8. The number of hydrogen-bond donors (Lipinski definition) is 1. The van der Waals surface area contributed by atoms with E-state index in [0.717, 1.165) is 28.1 Å². The monoisotopic (exact) mass is 330 g/mol. The largest absolute Gasteiger partial charge is 0.300 e. The van der Waals surface area contributed by atoms with Gasteiger partial charge in [-0.2, -0.15) is 0 Å². The average molecular weight is 331 g/mol. The highest BCUT2D eigenvalue weighted by Crippen LogP contribution is 2.29. The van der Waals surface area contributed by atoms with E-state index in [1.165, 1.54) is 11.3 Å². The Kier molecular flexibility index (Phi) is 5.86. The van der Waals surface area contributed by atoms with Crippen molar-refractivity contribution in [3.63, 3.8) is 0 Å². The minimum atomic E-state index is -0.120. The van der Waals surface area contributed by atoms with E-state index in [1.807, 2.05) is 6.92 Å². The molecule has 0 spiro atoms. The van der Waals surface area contributed by atoms with Gasteiger partial charge in [-0.05, 0) is 6.42 Å². The molecule has 0 fully saturated rings. The third-order valence-corrected chi connectivity index (χ3v) is 6.34. The number of rotatable bonds is 5. The Morgan fingerprint density at radius 3 is 2.80 bits per heavy atom. The molecule has 110 valence electrons. The molecule has 0 saturated heterocycles. The predicted molar refractivity (Wildman–Crippen MR) is 89.1 cm³/mol. The van der Waals surface area contributed by atoms with Gasteiger partial charge in [-0.3, -0.25) is 15.1 Å². The Bertz CT molecular complexity index is 501. The quantitative estimate of drug-likeness (QED) is 0.898. The van der Waals surface area contributed by atoms with Crippen LogP contribution in [0.1, 0.15) is 38.1 Å². The highest BCUT2D eigenvalue weighted by Gasteiger charge is 2.22. The first-order valence-electron chi connectivity index (χ1n) is 6.58. The molecule has 1 aliphatic rings. The van der Waals surface area contributed by atoms with Crippen LogP contribution in [0.3, 0.4) is 0 Å². The van der Waals surface area contributed by atoms with Gasteiger partial charge in [0.25, 0.3) is 0 Å². The number of aliphatic imine (C=N–C) groups is 1. The van der Waals surface area contributed by atoms with Crippen molar-refractivity contribution in [2.45, 2.75) is 38.4 Å². The SMILES string of the molecule is CCC(SC1=NCCS1)C(=O)Nc1nnc(C(C)C)s1. The normalized spacial score (nSPS) is 16.3. The van der Waals surface area contributed by atoms with E-state index >= 15 is 0 Å². The van der Waals surface area contributed by atoms with E-state index < -0.39 is 0 Å². The summed E-state index contributed by atoms with van der Waals surface area (Å²) < 4.78 is 1.02. The molecule has 1 aromatic heterocycles. The molecule has 1 N–H and O–H groups in total. The Balaban J connectivity index is 1.94. The molecule has 2 rings (SSSR count). The van der Waals surface area contributed by atoms with Gasteiger partial charge >= 0.3 is 0 Å². The zero-order valence-electron chi connectivity index (χ0n) is 11.8. The lowest BCUT2D eigenvalue weighted by Gasteiger charge is -2.12. The third-order valence-electron chi connectivity index (χ3n) is 2.63. The van der Waals surface area contributed by atoms with Crippen LogP contribution in [0.25, 0.3) is 0 Å². The fourth-order valence-corrected chi connectivity index (χ4v) is 4.44. The summed E-state index contributed by atoms with van der Waals surface area (Å²) >= 11 is 4.72. The van der Waals surface area contributed by atoms with Crippen molar-refractivity contribution in [2.75, 3.05) is 17.6 Å². The zero-order valence-corrected chi connectivity index (χ0v) is 14.2. The molecule has 20 heavy (non-hydrogen) atoms. The highest BCUT2D eigenvalue weighted by atomic mass is 32.2. The number of amides is 1. The molecule has 8 heteroatoms. The van der Waals surface area contributed by atoms with E-state index in [1.54, 1.807) is 23.5 Å². The molecule has 0 bridgehead atoms. The Labute approximate surface area is 131 Å². The summed E-state index contributed by atoms with van der Waals surface area (Å²) in [5, 5.41) is 12.4. The van der Waals surface area contributed by atoms with Gasteiger partial charge < -0.3 is 0 Å². The van der Waals surface area contributed by atoms with Crippen LogP contribution in [0.5, 0.6) is 0 Å². The number of carbonyl (C=O) groups is 1. The predicted octanol–water partition coefficient (Wildman–Crippen LogP) is 3.21. The fourth-order valence-electron chi connectivity index (χ4n) is 1.54. The van der Waals surface area contributed by atoms with Crippen molar-refractivity contribution < 1.29 is 4.79 Å². The molecule has 1 aromatic rings. The number of anilines is 1. The highest BCUT2D eigenvalue weighted by molar-refractivity contribution is 8.39. The van der Waals surface area contributed by atoms with Gasteiger partial charge in [0, 0.05) is 11.7 Å². The van der Waals surface area contributed by atoms with Crippen LogP contribution in [-0.4, -0.2) is 38.0 Å². The zero-order chi connectivity index (χ0) is 14.5. The summed E-state index contributed by atoms with van der Waals surface area (Å²) in [6.45, 7) is 6.99. The van der Waals surface area contributed by atoms with Gasteiger partial charge in [-0.25, -0.2) is 0 Å². The van der Waals surface area contributed by atoms with Gasteiger partial charge in [0.1, 0.15) is 9.38 Å². The first-order chi connectivity index (χ1) is 9.60. The summed E-state index contributed by atoms with van der Waals surface area (Å²) in [7, 11) is 0. The second-order valence-electron chi connectivity index (χ2n) is 4.60. The summed E-state index contributed by atoms with van der Waals surface area (Å²) in [5.74, 6) is 1.34. The van der Waals surface area contributed by atoms with E-state index in [0.29, 0.717) is 11.0 Å².